The van der Waals surface area contributed by atoms with E-state index in [1.54, 1.807) is 0 Å². The summed E-state index contributed by atoms with van der Waals surface area (Å²) >= 11 is 0. The number of nitrogens with one attached hydrogen (secondary N) is 1. The summed E-state index contributed by atoms with van der Waals surface area (Å²) in [6, 6.07) is 5.14. The number of amides is 1. The Kier molecular flexibility index (Phi) is 5.65. The number of benzene rings is 1. The number of nitro benzene ring substituents is 1. The average molecular weight is 315 g/mol. The molecule has 0 atom stereocenters. The van der Waals surface area contributed by atoms with Crippen LogP contribution in [0.15, 0.2) is 24.3 Å². The van der Waals surface area contributed by atoms with Crippen LogP contribution in [-0.4, -0.2) is 38.6 Å². The Hall–Kier alpha value is -2.16. The highest BCUT2D eigenvalue weighted by atomic mass is 32.2. The van der Waals surface area contributed by atoms with Crippen molar-refractivity contribution < 1.29 is 18.1 Å². The molecule has 0 fully saturated rings. The number of nitro groups is 1. The predicted octanol–water partition coefficient (Wildman–Crippen LogP) is 0.887. The number of carbonyl (C=O) groups excluding carboxylic acids is 1. The molecule has 0 aliphatic heterocycles. The van der Waals surface area contributed by atoms with E-state index in [0.29, 0.717) is 6.54 Å². The smallest absolute Gasteiger partial charge is 0.271 e. The summed E-state index contributed by atoms with van der Waals surface area (Å²) in [4.78, 5) is 21.8. The van der Waals surface area contributed by atoms with Crippen LogP contribution in [0, 0.1) is 10.1 Å². The number of rotatable bonds is 7. The van der Waals surface area contributed by atoms with E-state index >= 15 is 0 Å². The van der Waals surface area contributed by atoms with Crippen molar-refractivity contribution in [3.05, 3.63) is 34.4 Å². The largest absolute Gasteiger partial charge is 0.355 e. The van der Waals surface area contributed by atoms with Crippen molar-refractivity contribution in [3.8, 4) is 0 Å². The van der Waals surface area contributed by atoms with E-state index < -0.39 is 27.4 Å². The van der Waals surface area contributed by atoms with Gasteiger partial charge in [-0.25, -0.2) is 8.42 Å². The minimum absolute atomic E-state index is 0.0818. The van der Waals surface area contributed by atoms with Crippen molar-refractivity contribution in [1.82, 2.24) is 5.32 Å². The Morgan fingerprint density at radius 2 is 2.10 bits per heavy atom. The Balaban J connectivity index is 3.07. The summed E-state index contributed by atoms with van der Waals surface area (Å²) in [6.07, 6.45) is 1.67. The van der Waals surface area contributed by atoms with Gasteiger partial charge in [-0.3, -0.25) is 19.2 Å². The van der Waals surface area contributed by atoms with Gasteiger partial charge in [0.1, 0.15) is 6.54 Å². The Morgan fingerprint density at radius 3 is 2.62 bits per heavy atom. The minimum Gasteiger partial charge on any atom is -0.355 e. The van der Waals surface area contributed by atoms with Gasteiger partial charge in [0.25, 0.3) is 5.69 Å². The molecule has 0 saturated carbocycles. The molecular formula is C12H17N3O5S. The van der Waals surface area contributed by atoms with E-state index in [-0.39, 0.29) is 11.4 Å². The third-order valence-corrected chi connectivity index (χ3v) is 3.73. The highest BCUT2D eigenvalue weighted by Gasteiger charge is 2.22. The normalized spacial score (nSPS) is 11.0. The van der Waals surface area contributed by atoms with Crippen molar-refractivity contribution in [2.45, 2.75) is 13.3 Å². The monoisotopic (exact) mass is 315 g/mol. The highest BCUT2D eigenvalue weighted by molar-refractivity contribution is 7.92. The summed E-state index contributed by atoms with van der Waals surface area (Å²) in [7, 11) is -3.73. The molecule has 0 radical (unpaired) electrons. The van der Waals surface area contributed by atoms with Gasteiger partial charge in [-0.1, -0.05) is 13.0 Å². The molecule has 0 aromatic heterocycles. The summed E-state index contributed by atoms with van der Waals surface area (Å²) < 4.78 is 24.4. The standard InChI is InChI=1S/C12H17N3O5S/c1-3-7-13-12(16)9-14(21(2,19)20)10-5-4-6-11(8-10)15(17)18/h4-6,8H,3,7,9H2,1-2H3,(H,13,16). The van der Waals surface area contributed by atoms with Crippen molar-refractivity contribution in [3.63, 3.8) is 0 Å². The second kappa shape index (κ2) is 7.02. The zero-order valence-electron chi connectivity index (χ0n) is 11.8. The molecule has 116 valence electrons. The van der Waals surface area contributed by atoms with Gasteiger partial charge < -0.3 is 5.32 Å². The topological polar surface area (TPSA) is 110 Å². The summed E-state index contributed by atoms with van der Waals surface area (Å²) in [5.41, 5.74) is -0.159. The molecule has 0 unspecified atom stereocenters. The molecule has 1 aromatic carbocycles. The van der Waals surface area contributed by atoms with Crippen molar-refractivity contribution >= 4 is 27.3 Å². The first-order chi connectivity index (χ1) is 9.75. The Bertz CT molecular complexity index is 630. The molecule has 21 heavy (non-hydrogen) atoms. The molecule has 0 heterocycles. The van der Waals surface area contributed by atoms with Gasteiger partial charge in [0.15, 0.2) is 0 Å². The van der Waals surface area contributed by atoms with Crippen LogP contribution in [0.5, 0.6) is 0 Å². The fourth-order valence-electron chi connectivity index (χ4n) is 1.61. The number of carbonyl (C=O) groups is 1. The van der Waals surface area contributed by atoms with Crippen LogP contribution in [-0.2, 0) is 14.8 Å². The number of nitrogens with zero attached hydrogens (tertiary/aromatic N) is 2. The van der Waals surface area contributed by atoms with E-state index in [1.165, 1.54) is 18.2 Å². The molecule has 0 spiro atoms. The van der Waals surface area contributed by atoms with E-state index in [1.807, 2.05) is 6.92 Å². The molecule has 0 bridgehead atoms. The van der Waals surface area contributed by atoms with E-state index in [0.717, 1.165) is 23.0 Å². The highest BCUT2D eigenvalue weighted by Crippen LogP contribution is 2.22. The molecule has 1 rings (SSSR count). The third kappa shape index (κ3) is 5.03. The maximum absolute atomic E-state index is 11.8. The average Bonchev–Trinajstić information content (AvgIpc) is 2.41. The van der Waals surface area contributed by atoms with Gasteiger partial charge in [-0.2, -0.15) is 0 Å². The predicted molar refractivity (Wildman–Crippen MR) is 78.6 cm³/mol. The zero-order chi connectivity index (χ0) is 16.0. The lowest BCUT2D eigenvalue weighted by atomic mass is 10.3. The van der Waals surface area contributed by atoms with Crippen LogP contribution < -0.4 is 9.62 Å². The molecule has 1 N–H and O–H groups in total. The van der Waals surface area contributed by atoms with Gasteiger partial charge in [0.2, 0.25) is 15.9 Å². The van der Waals surface area contributed by atoms with Crippen LogP contribution in [0.3, 0.4) is 0 Å². The van der Waals surface area contributed by atoms with E-state index in [4.69, 9.17) is 0 Å². The maximum Gasteiger partial charge on any atom is 0.271 e. The first-order valence-electron chi connectivity index (χ1n) is 6.24. The lowest BCUT2D eigenvalue weighted by Gasteiger charge is -2.21. The lowest BCUT2D eigenvalue weighted by Crippen LogP contribution is -2.40. The number of hydrogen-bond acceptors (Lipinski definition) is 5. The van der Waals surface area contributed by atoms with Gasteiger partial charge in [-0.05, 0) is 12.5 Å². The van der Waals surface area contributed by atoms with Crippen molar-refractivity contribution in [2.75, 3.05) is 23.7 Å². The van der Waals surface area contributed by atoms with Crippen LogP contribution in [0.2, 0.25) is 0 Å². The van der Waals surface area contributed by atoms with Crippen LogP contribution >= 0.6 is 0 Å². The molecule has 1 aromatic rings. The molecule has 1 amide bonds. The fourth-order valence-corrected chi connectivity index (χ4v) is 2.46. The Morgan fingerprint density at radius 1 is 1.43 bits per heavy atom. The lowest BCUT2D eigenvalue weighted by molar-refractivity contribution is -0.384. The zero-order valence-corrected chi connectivity index (χ0v) is 12.6. The molecule has 9 heteroatoms. The van der Waals surface area contributed by atoms with Crippen LogP contribution in [0.1, 0.15) is 13.3 Å². The molecule has 0 aliphatic rings. The fraction of sp³-hybridized carbons (Fsp3) is 0.417. The number of sulfonamides is 1. The van der Waals surface area contributed by atoms with Crippen molar-refractivity contribution in [2.24, 2.45) is 0 Å². The summed E-state index contributed by atoms with van der Waals surface area (Å²) in [5, 5.41) is 13.3. The second-order valence-corrected chi connectivity index (χ2v) is 6.30. The first kappa shape index (κ1) is 16.9. The van der Waals surface area contributed by atoms with Crippen LogP contribution in [0.25, 0.3) is 0 Å². The second-order valence-electron chi connectivity index (χ2n) is 4.40. The molecule has 8 nitrogen and oxygen atoms in total. The maximum atomic E-state index is 11.8. The number of non-ortho nitro benzene ring substituents is 1. The SMILES string of the molecule is CCCNC(=O)CN(c1cccc([N+](=O)[O-])c1)S(C)(=O)=O. The quantitative estimate of drug-likeness (QED) is 0.593. The van der Waals surface area contributed by atoms with E-state index in [9.17, 15) is 23.3 Å². The minimum atomic E-state index is -3.73. The van der Waals surface area contributed by atoms with Crippen LogP contribution in [0.4, 0.5) is 11.4 Å². The van der Waals surface area contributed by atoms with Gasteiger partial charge in [0.05, 0.1) is 16.9 Å². The first-order valence-corrected chi connectivity index (χ1v) is 8.09. The molecule has 0 saturated heterocycles. The number of hydrogen-bond donors (Lipinski definition) is 1. The summed E-state index contributed by atoms with van der Waals surface area (Å²) in [6.45, 7) is 1.89. The van der Waals surface area contributed by atoms with Gasteiger partial charge in [-0.15, -0.1) is 0 Å². The Labute approximate surface area is 123 Å². The molecular weight excluding hydrogens is 298 g/mol. The van der Waals surface area contributed by atoms with Crippen molar-refractivity contribution in [1.29, 1.82) is 0 Å². The van der Waals surface area contributed by atoms with E-state index in [2.05, 4.69) is 5.32 Å². The summed E-state index contributed by atoms with van der Waals surface area (Å²) in [5.74, 6) is -0.464. The number of anilines is 1. The van der Waals surface area contributed by atoms with Gasteiger partial charge in [0, 0.05) is 18.7 Å². The molecule has 0 aliphatic carbocycles. The third-order valence-electron chi connectivity index (χ3n) is 2.59. The van der Waals surface area contributed by atoms with Gasteiger partial charge >= 0.3 is 0 Å².